The zero-order valence-corrected chi connectivity index (χ0v) is 18.4. The molecule has 0 bridgehead atoms. The minimum absolute atomic E-state index is 0. The number of unbranched alkanes of at least 4 members (excludes halogenated alkanes) is 1. The summed E-state index contributed by atoms with van der Waals surface area (Å²) in [6.45, 7) is 4.55. The highest BCUT2D eigenvalue weighted by molar-refractivity contribution is 14.0. The molecule has 0 aliphatic heterocycles. The molecule has 0 radical (unpaired) electrons. The molecule has 3 N–H and O–H groups in total. The quantitative estimate of drug-likeness (QED) is 0.222. The molecule has 1 aliphatic carbocycles. The van der Waals surface area contributed by atoms with Crippen LogP contribution in [0.5, 0.6) is 5.75 Å². The van der Waals surface area contributed by atoms with Crippen molar-refractivity contribution in [2.75, 3.05) is 26.7 Å². The van der Waals surface area contributed by atoms with Crippen molar-refractivity contribution in [3.8, 4) is 5.75 Å². The summed E-state index contributed by atoms with van der Waals surface area (Å²) in [5.74, 6) is 2.10. The number of hydrogen-bond donors (Lipinski definition) is 3. The average Bonchev–Trinajstić information content (AvgIpc) is 3.04. The van der Waals surface area contributed by atoms with Gasteiger partial charge in [-0.05, 0) is 56.7 Å². The number of rotatable bonds is 9. The van der Waals surface area contributed by atoms with Crippen molar-refractivity contribution in [3.05, 3.63) is 29.8 Å². The predicted octanol–water partition coefficient (Wildman–Crippen LogP) is 3.35. The molecular weight excluding hydrogens is 441 g/mol. The van der Waals surface area contributed by atoms with Crippen molar-refractivity contribution < 1.29 is 9.84 Å². The number of nitrogens with one attached hydrogen (secondary N) is 2. The number of aryl methyl sites for hydroxylation is 1. The van der Waals surface area contributed by atoms with E-state index in [1.807, 2.05) is 12.1 Å². The fourth-order valence-electron chi connectivity index (χ4n) is 3.23. The number of guanidine groups is 1. The van der Waals surface area contributed by atoms with Crippen molar-refractivity contribution in [2.45, 2.75) is 51.6 Å². The Bertz CT molecular complexity index is 522. The van der Waals surface area contributed by atoms with Crippen LogP contribution in [0.15, 0.2) is 29.3 Å². The molecular formula is C20H34IN3O2. The first-order valence-corrected chi connectivity index (χ1v) is 9.56. The molecule has 1 aromatic rings. The van der Waals surface area contributed by atoms with Crippen LogP contribution >= 0.6 is 24.0 Å². The summed E-state index contributed by atoms with van der Waals surface area (Å²) >= 11 is 0. The summed E-state index contributed by atoms with van der Waals surface area (Å²) in [5, 5.41) is 16.6. The van der Waals surface area contributed by atoms with Gasteiger partial charge in [0.05, 0.1) is 13.2 Å². The molecule has 1 saturated carbocycles. The monoisotopic (exact) mass is 475 g/mol. The lowest BCUT2D eigenvalue weighted by Gasteiger charge is -2.15. The van der Waals surface area contributed by atoms with Crippen molar-refractivity contribution >= 4 is 29.9 Å². The first-order valence-electron chi connectivity index (χ1n) is 9.56. The second-order valence-electron chi connectivity index (χ2n) is 6.71. The maximum atomic E-state index is 9.90. The van der Waals surface area contributed by atoms with Gasteiger partial charge in [0.1, 0.15) is 5.75 Å². The number of nitrogens with zero attached hydrogens (tertiary/aromatic N) is 1. The molecule has 0 aromatic heterocycles. The van der Waals surface area contributed by atoms with Crippen molar-refractivity contribution in [3.63, 3.8) is 0 Å². The molecule has 1 aromatic carbocycles. The van der Waals surface area contributed by atoms with Gasteiger partial charge < -0.3 is 20.5 Å². The van der Waals surface area contributed by atoms with E-state index in [4.69, 9.17) is 4.74 Å². The van der Waals surface area contributed by atoms with Crippen LogP contribution in [0.1, 0.15) is 44.6 Å². The number of hydrogen-bond acceptors (Lipinski definition) is 3. The largest absolute Gasteiger partial charge is 0.497 e. The highest BCUT2D eigenvalue weighted by Crippen LogP contribution is 2.25. The Hall–Kier alpha value is -1.02. The van der Waals surface area contributed by atoms with Crippen LogP contribution in [0.25, 0.3) is 0 Å². The van der Waals surface area contributed by atoms with Crippen LogP contribution in [0, 0.1) is 5.92 Å². The Kier molecular flexibility index (Phi) is 11.7. The third kappa shape index (κ3) is 8.12. The lowest BCUT2D eigenvalue weighted by Crippen LogP contribution is -2.38. The van der Waals surface area contributed by atoms with Crippen LogP contribution < -0.4 is 15.4 Å². The molecule has 148 valence electrons. The van der Waals surface area contributed by atoms with E-state index in [2.05, 4.69) is 34.7 Å². The molecule has 2 rings (SSSR count). The zero-order chi connectivity index (χ0) is 17.9. The lowest BCUT2D eigenvalue weighted by atomic mass is 10.1. The highest BCUT2D eigenvalue weighted by atomic mass is 127. The van der Waals surface area contributed by atoms with Crippen molar-refractivity contribution in [1.82, 2.24) is 10.6 Å². The zero-order valence-electron chi connectivity index (χ0n) is 16.0. The smallest absolute Gasteiger partial charge is 0.191 e. The Morgan fingerprint density at radius 1 is 1.19 bits per heavy atom. The molecule has 2 unspecified atom stereocenters. The van der Waals surface area contributed by atoms with E-state index in [0.29, 0.717) is 12.5 Å². The van der Waals surface area contributed by atoms with Crippen LogP contribution in [0.3, 0.4) is 0 Å². The summed E-state index contributed by atoms with van der Waals surface area (Å²) in [5.41, 5.74) is 1.34. The first-order chi connectivity index (χ1) is 12.2. The van der Waals surface area contributed by atoms with Gasteiger partial charge in [0.25, 0.3) is 0 Å². The maximum Gasteiger partial charge on any atom is 0.191 e. The van der Waals surface area contributed by atoms with Gasteiger partial charge in [0.2, 0.25) is 0 Å². The molecule has 26 heavy (non-hydrogen) atoms. The number of ether oxygens (including phenoxy) is 1. The van der Waals surface area contributed by atoms with Gasteiger partial charge in [0, 0.05) is 25.6 Å². The number of benzene rings is 1. The van der Waals surface area contributed by atoms with E-state index in [0.717, 1.165) is 63.3 Å². The summed E-state index contributed by atoms with van der Waals surface area (Å²) in [6.07, 6.45) is 6.28. The number of aliphatic imine (C=N–C) groups is 1. The van der Waals surface area contributed by atoms with Crippen molar-refractivity contribution in [1.29, 1.82) is 0 Å². The summed E-state index contributed by atoms with van der Waals surface area (Å²) in [7, 11) is 1.69. The van der Waals surface area contributed by atoms with E-state index in [1.54, 1.807) is 7.11 Å². The third-order valence-corrected chi connectivity index (χ3v) is 4.79. The Balaban J connectivity index is 0.00000338. The van der Waals surface area contributed by atoms with E-state index in [1.165, 1.54) is 5.56 Å². The van der Waals surface area contributed by atoms with Gasteiger partial charge in [-0.25, -0.2) is 0 Å². The van der Waals surface area contributed by atoms with Gasteiger partial charge in [-0.2, -0.15) is 0 Å². The van der Waals surface area contributed by atoms with Crippen LogP contribution in [-0.4, -0.2) is 43.9 Å². The second-order valence-corrected chi connectivity index (χ2v) is 6.71. The Labute approximate surface area is 175 Å². The maximum absolute atomic E-state index is 9.90. The Morgan fingerprint density at radius 3 is 2.58 bits per heavy atom. The van der Waals surface area contributed by atoms with Gasteiger partial charge in [-0.3, -0.25) is 4.99 Å². The fourth-order valence-corrected chi connectivity index (χ4v) is 3.23. The number of halogens is 1. The predicted molar refractivity (Wildman–Crippen MR) is 119 cm³/mol. The van der Waals surface area contributed by atoms with E-state index >= 15 is 0 Å². The molecule has 1 aliphatic rings. The standard InChI is InChI=1S/C20H33N3O2.HI/c1-3-21-20(23-15-17-8-6-9-19(17)24)22-14-5-4-7-16-10-12-18(25-2)13-11-16;/h10-13,17,19,24H,3-9,14-15H2,1-2H3,(H2,21,22,23);1H. The first kappa shape index (κ1) is 23.0. The molecule has 0 saturated heterocycles. The third-order valence-electron chi connectivity index (χ3n) is 4.79. The Morgan fingerprint density at radius 2 is 1.96 bits per heavy atom. The minimum atomic E-state index is -0.170. The van der Waals surface area contributed by atoms with E-state index < -0.39 is 0 Å². The second kappa shape index (κ2) is 13.2. The van der Waals surface area contributed by atoms with E-state index in [9.17, 15) is 5.11 Å². The summed E-state index contributed by atoms with van der Waals surface area (Å²) < 4.78 is 5.18. The van der Waals surface area contributed by atoms with Gasteiger partial charge >= 0.3 is 0 Å². The van der Waals surface area contributed by atoms with Crippen molar-refractivity contribution in [2.24, 2.45) is 10.9 Å². The molecule has 2 atom stereocenters. The van der Waals surface area contributed by atoms with Gasteiger partial charge in [-0.15, -0.1) is 24.0 Å². The molecule has 0 amide bonds. The topological polar surface area (TPSA) is 65.9 Å². The van der Waals surface area contributed by atoms with E-state index in [-0.39, 0.29) is 30.1 Å². The lowest BCUT2D eigenvalue weighted by molar-refractivity contribution is 0.136. The molecule has 0 heterocycles. The molecule has 0 spiro atoms. The van der Waals surface area contributed by atoms with Gasteiger partial charge in [-0.1, -0.05) is 18.6 Å². The average molecular weight is 475 g/mol. The number of methoxy groups -OCH3 is 1. The van der Waals surface area contributed by atoms with Crippen LogP contribution in [-0.2, 0) is 6.42 Å². The molecule has 1 fully saturated rings. The summed E-state index contributed by atoms with van der Waals surface area (Å²) in [4.78, 5) is 4.64. The fraction of sp³-hybridized carbons (Fsp3) is 0.650. The number of aliphatic hydroxyl groups is 1. The SMILES string of the molecule is CCNC(=NCC1CCCC1O)NCCCCc1ccc(OC)cc1.I. The van der Waals surface area contributed by atoms with Crippen LogP contribution in [0.2, 0.25) is 0 Å². The highest BCUT2D eigenvalue weighted by Gasteiger charge is 2.24. The molecule has 6 heteroatoms. The van der Waals surface area contributed by atoms with Crippen LogP contribution in [0.4, 0.5) is 0 Å². The van der Waals surface area contributed by atoms with Gasteiger partial charge in [0.15, 0.2) is 5.96 Å². The normalized spacial score (nSPS) is 19.7. The summed E-state index contributed by atoms with van der Waals surface area (Å²) in [6, 6.07) is 8.29. The number of aliphatic hydroxyl groups excluding tert-OH is 1. The molecule has 5 nitrogen and oxygen atoms in total. The minimum Gasteiger partial charge on any atom is -0.497 e.